The molecule has 4 rings (SSSR count). The summed E-state index contributed by atoms with van der Waals surface area (Å²) in [6, 6.07) is 9.72. The van der Waals surface area contributed by atoms with Crippen molar-refractivity contribution in [3.8, 4) is 16.2 Å². The third-order valence-electron chi connectivity index (χ3n) is 6.48. The van der Waals surface area contributed by atoms with Crippen molar-refractivity contribution in [2.24, 2.45) is 0 Å². The summed E-state index contributed by atoms with van der Waals surface area (Å²) < 4.78 is 112. The molecule has 2 amide bonds. The van der Waals surface area contributed by atoms with Crippen LogP contribution in [0.1, 0.15) is 36.8 Å². The van der Waals surface area contributed by atoms with Gasteiger partial charge in [-0.1, -0.05) is 12.1 Å². The van der Waals surface area contributed by atoms with E-state index in [0.29, 0.717) is 54.0 Å². The van der Waals surface area contributed by atoms with Crippen LogP contribution in [-0.2, 0) is 22.4 Å². The van der Waals surface area contributed by atoms with Gasteiger partial charge in [0, 0.05) is 29.2 Å². The molecule has 1 aliphatic rings. The number of aliphatic hydroxyl groups excluding tert-OH is 1. The van der Waals surface area contributed by atoms with Crippen molar-refractivity contribution in [3.63, 3.8) is 0 Å². The summed E-state index contributed by atoms with van der Waals surface area (Å²) in [5.74, 6) is 0.584. The Kier molecular flexibility index (Phi) is 9.93. The van der Waals surface area contributed by atoms with E-state index in [1.54, 1.807) is 30.3 Å². The Morgan fingerprint density at radius 2 is 1.53 bits per heavy atom. The van der Waals surface area contributed by atoms with Gasteiger partial charge in [-0.3, -0.25) is 0 Å². The van der Waals surface area contributed by atoms with Crippen LogP contribution in [0.25, 0.3) is 10.4 Å². The molecule has 1 heterocycles. The first-order valence-electron chi connectivity index (χ1n) is 13.0. The SMILES string of the molecule is O=C(NCCNS(=O)(=O)c1ccc(-c2ccccc2O[C@H]2CC[C@@H](O)CC2)s1)Nc1cc(C(F)(F)F)cc(C(F)(F)F)c1. The van der Waals surface area contributed by atoms with Gasteiger partial charge in [0.05, 0.1) is 23.3 Å². The molecule has 1 fully saturated rings. The smallest absolute Gasteiger partial charge is 0.416 e. The van der Waals surface area contributed by atoms with Crippen molar-refractivity contribution in [2.75, 3.05) is 18.4 Å². The van der Waals surface area contributed by atoms with E-state index in [0.717, 1.165) is 11.3 Å². The molecule has 234 valence electrons. The van der Waals surface area contributed by atoms with E-state index in [2.05, 4.69) is 10.0 Å². The van der Waals surface area contributed by atoms with E-state index in [-0.39, 0.29) is 35.6 Å². The van der Waals surface area contributed by atoms with Crippen LogP contribution in [0.2, 0.25) is 0 Å². The number of halogens is 6. The Morgan fingerprint density at radius 1 is 0.907 bits per heavy atom. The van der Waals surface area contributed by atoms with Gasteiger partial charge in [0.25, 0.3) is 0 Å². The van der Waals surface area contributed by atoms with Gasteiger partial charge in [0.2, 0.25) is 10.0 Å². The maximum Gasteiger partial charge on any atom is 0.416 e. The number of anilines is 1. The first-order valence-corrected chi connectivity index (χ1v) is 15.3. The second kappa shape index (κ2) is 13.1. The van der Waals surface area contributed by atoms with E-state index in [1.807, 2.05) is 5.32 Å². The third-order valence-corrected chi connectivity index (χ3v) is 9.56. The number of benzene rings is 2. The van der Waals surface area contributed by atoms with Gasteiger partial charge >= 0.3 is 18.4 Å². The Balaban J connectivity index is 1.33. The Bertz CT molecular complexity index is 1500. The van der Waals surface area contributed by atoms with E-state index >= 15 is 0 Å². The zero-order valence-corrected chi connectivity index (χ0v) is 23.9. The molecular formula is C27H27F6N3O5S2. The molecule has 43 heavy (non-hydrogen) atoms. The van der Waals surface area contributed by atoms with Crippen molar-refractivity contribution in [1.29, 1.82) is 0 Å². The molecule has 8 nitrogen and oxygen atoms in total. The second-order valence-electron chi connectivity index (χ2n) is 9.74. The monoisotopic (exact) mass is 651 g/mol. The molecule has 0 bridgehead atoms. The van der Waals surface area contributed by atoms with Crippen LogP contribution in [-0.4, -0.2) is 44.9 Å². The fraction of sp³-hybridized carbons (Fsp3) is 0.370. The van der Waals surface area contributed by atoms with Crippen LogP contribution >= 0.6 is 11.3 Å². The summed E-state index contributed by atoms with van der Waals surface area (Å²) in [5, 5.41) is 13.8. The summed E-state index contributed by atoms with van der Waals surface area (Å²) in [5.41, 5.74) is -3.23. The highest BCUT2D eigenvalue weighted by Crippen LogP contribution is 2.39. The van der Waals surface area contributed by atoms with Crippen LogP contribution in [0, 0.1) is 0 Å². The lowest BCUT2D eigenvalue weighted by Crippen LogP contribution is -2.36. The molecule has 1 aliphatic carbocycles. The van der Waals surface area contributed by atoms with E-state index in [4.69, 9.17) is 4.74 Å². The number of para-hydroxylation sites is 1. The van der Waals surface area contributed by atoms with Gasteiger partial charge in [-0.15, -0.1) is 11.3 Å². The van der Waals surface area contributed by atoms with Gasteiger partial charge < -0.3 is 20.5 Å². The number of ether oxygens (including phenoxy) is 1. The number of rotatable bonds is 9. The summed E-state index contributed by atoms with van der Waals surface area (Å²) in [6.45, 7) is -0.631. The highest BCUT2D eigenvalue weighted by Gasteiger charge is 2.37. The summed E-state index contributed by atoms with van der Waals surface area (Å²) in [4.78, 5) is 12.7. The van der Waals surface area contributed by atoms with Crippen molar-refractivity contribution in [3.05, 3.63) is 65.7 Å². The molecule has 2 aromatic carbocycles. The molecule has 0 unspecified atom stereocenters. The fourth-order valence-electron chi connectivity index (χ4n) is 4.36. The number of urea groups is 1. The van der Waals surface area contributed by atoms with Gasteiger partial charge in [-0.2, -0.15) is 26.3 Å². The number of hydrogen-bond acceptors (Lipinski definition) is 6. The molecule has 0 spiro atoms. The van der Waals surface area contributed by atoms with Crippen molar-refractivity contribution in [1.82, 2.24) is 10.0 Å². The van der Waals surface area contributed by atoms with Crippen LogP contribution in [0.3, 0.4) is 0 Å². The standard InChI is InChI=1S/C27H27F6N3O5S2/c28-26(29,30)16-13-17(27(31,32)33)15-18(14-16)36-25(38)34-11-12-35-43(39,40)24-10-9-23(42-24)21-3-1-2-4-22(21)41-20-7-5-19(37)6-8-20/h1-4,9-10,13-15,19-20,35,37H,5-8,11-12H2,(H2,34,36,38)/t19-,20+. The highest BCUT2D eigenvalue weighted by atomic mass is 32.2. The summed E-state index contributed by atoms with van der Waals surface area (Å²) in [6.07, 6.45) is -7.89. The Hall–Kier alpha value is -3.34. The number of aliphatic hydroxyl groups is 1. The molecule has 3 aromatic rings. The number of sulfonamides is 1. The number of carbonyl (C=O) groups is 1. The minimum absolute atomic E-state index is 0.0220. The van der Waals surface area contributed by atoms with Gasteiger partial charge in [0.15, 0.2) is 0 Å². The molecule has 0 radical (unpaired) electrons. The van der Waals surface area contributed by atoms with Gasteiger partial charge in [0.1, 0.15) is 9.96 Å². The first kappa shape index (κ1) is 32.6. The maximum absolute atomic E-state index is 13.0. The predicted molar refractivity (Wildman–Crippen MR) is 147 cm³/mol. The van der Waals surface area contributed by atoms with E-state index < -0.39 is 45.2 Å². The van der Waals surface area contributed by atoms with Crippen molar-refractivity contribution < 1.29 is 49.4 Å². The lowest BCUT2D eigenvalue weighted by Gasteiger charge is -2.27. The molecule has 0 atom stereocenters. The molecule has 4 N–H and O–H groups in total. The van der Waals surface area contributed by atoms with Crippen molar-refractivity contribution in [2.45, 2.75) is 54.5 Å². The minimum atomic E-state index is -5.08. The number of nitrogens with one attached hydrogen (secondary N) is 3. The average Bonchev–Trinajstić information content (AvgIpc) is 3.43. The average molecular weight is 652 g/mol. The second-order valence-corrected chi connectivity index (χ2v) is 12.8. The number of carbonyl (C=O) groups excluding carboxylic acids is 1. The van der Waals surface area contributed by atoms with E-state index in [1.165, 1.54) is 6.07 Å². The number of thiophene rings is 1. The van der Waals surface area contributed by atoms with Crippen LogP contribution in [0.5, 0.6) is 5.75 Å². The molecule has 0 aliphatic heterocycles. The number of hydrogen-bond donors (Lipinski definition) is 4. The maximum atomic E-state index is 13.0. The Labute approximate surface area is 247 Å². The zero-order chi connectivity index (χ0) is 31.4. The predicted octanol–water partition coefficient (Wildman–Crippen LogP) is 6.24. The third kappa shape index (κ3) is 8.84. The lowest BCUT2D eigenvalue weighted by atomic mass is 9.95. The fourth-order valence-corrected chi connectivity index (χ4v) is 6.77. The first-order chi connectivity index (χ1) is 20.1. The van der Waals surface area contributed by atoms with Crippen LogP contribution < -0.4 is 20.1 Å². The summed E-state index contributed by atoms with van der Waals surface area (Å²) >= 11 is 0.988. The van der Waals surface area contributed by atoms with Crippen molar-refractivity contribution >= 4 is 33.1 Å². The van der Waals surface area contributed by atoms with Gasteiger partial charge in [-0.25, -0.2) is 17.9 Å². The quantitative estimate of drug-likeness (QED) is 0.162. The topological polar surface area (TPSA) is 117 Å². The zero-order valence-electron chi connectivity index (χ0n) is 22.3. The lowest BCUT2D eigenvalue weighted by molar-refractivity contribution is -0.143. The Morgan fingerprint density at radius 3 is 2.16 bits per heavy atom. The van der Waals surface area contributed by atoms with E-state index in [9.17, 15) is 44.7 Å². The molecular weight excluding hydrogens is 624 g/mol. The highest BCUT2D eigenvalue weighted by molar-refractivity contribution is 7.91. The minimum Gasteiger partial charge on any atom is -0.490 e. The number of alkyl halides is 6. The molecule has 1 aromatic heterocycles. The van der Waals surface area contributed by atoms with Crippen LogP contribution in [0.15, 0.2) is 58.8 Å². The molecule has 1 saturated carbocycles. The number of amides is 2. The largest absolute Gasteiger partial charge is 0.490 e. The molecule has 0 saturated heterocycles. The molecule has 16 heteroatoms. The van der Waals surface area contributed by atoms with Gasteiger partial charge in [-0.05, 0) is 68.1 Å². The van der Waals surface area contributed by atoms with Crippen LogP contribution in [0.4, 0.5) is 36.8 Å². The summed E-state index contributed by atoms with van der Waals surface area (Å²) in [7, 11) is -4.02. The normalized spacial score (nSPS) is 17.8.